The summed E-state index contributed by atoms with van der Waals surface area (Å²) in [5, 5.41) is 2.04. The van der Waals surface area contributed by atoms with Gasteiger partial charge >= 0.3 is 0 Å². The first kappa shape index (κ1) is 17.5. The van der Waals surface area contributed by atoms with Crippen LogP contribution in [-0.4, -0.2) is 14.2 Å². The Morgan fingerprint density at radius 3 is 1.69 bits per heavy atom. The second kappa shape index (κ2) is 6.78. The molecule has 0 amide bonds. The predicted molar refractivity (Wildman–Crippen MR) is 115 cm³/mol. The zero-order valence-electron chi connectivity index (χ0n) is 16.2. The van der Waals surface area contributed by atoms with Gasteiger partial charge in [-0.15, -0.1) is 0 Å². The van der Waals surface area contributed by atoms with Crippen LogP contribution in [-0.2, 0) is 0 Å². The molecule has 0 aliphatic heterocycles. The van der Waals surface area contributed by atoms with Gasteiger partial charge in [0.2, 0.25) is 0 Å². The van der Waals surface area contributed by atoms with E-state index in [1.165, 1.54) is 28.8 Å². The van der Waals surface area contributed by atoms with E-state index in [9.17, 15) is 4.39 Å². The van der Waals surface area contributed by atoms with Gasteiger partial charge in [0, 0.05) is 10.8 Å². The molecule has 5 rings (SSSR count). The highest BCUT2D eigenvalue weighted by atomic mass is 19.1. The normalized spacial score (nSPS) is 11.9. The fourth-order valence-corrected chi connectivity index (χ4v) is 4.00. The third-order valence-electron chi connectivity index (χ3n) is 5.44. The number of ether oxygens (including phenoxy) is 2. The van der Waals surface area contributed by atoms with Gasteiger partial charge in [0.1, 0.15) is 17.3 Å². The number of benzene rings is 4. The maximum Gasteiger partial charge on any atom is 0.126 e. The summed E-state index contributed by atoms with van der Waals surface area (Å²) in [4.78, 5) is 0. The summed E-state index contributed by atoms with van der Waals surface area (Å²) in [7, 11) is 3.36. The van der Waals surface area contributed by atoms with Gasteiger partial charge in [-0.2, -0.15) is 0 Å². The molecule has 3 heteroatoms. The maximum atomic E-state index is 13.5. The monoisotopic (exact) mass is 382 g/mol. The molecule has 29 heavy (non-hydrogen) atoms. The van der Waals surface area contributed by atoms with Crippen LogP contribution in [0.25, 0.3) is 21.9 Å². The van der Waals surface area contributed by atoms with E-state index in [0.29, 0.717) is 0 Å². The van der Waals surface area contributed by atoms with E-state index in [-0.39, 0.29) is 5.82 Å². The number of halogens is 1. The van der Waals surface area contributed by atoms with Crippen LogP contribution in [0.2, 0.25) is 0 Å². The fourth-order valence-electron chi connectivity index (χ4n) is 4.00. The van der Waals surface area contributed by atoms with Crippen LogP contribution >= 0.6 is 0 Å². The molecule has 4 aromatic rings. The molecule has 2 nitrogen and oxygen atoms in total. The SMILES string of the molecule is COc1ccc(OC)c2cc3c(cc12)C3=C(c1ccccc1)c1ccc(F)cc1. The molecule has 0 radical (unpaired) electrons. The standard InChI is InChI=1S/C26H19FO2/c1-28-23-12-13-24(29-2)20-15-22-21(14-19(20)23)26(22)25(16-6-4-3-5-7-16)17-8-10-18(27)11-9-17/h3-15H,1-2H3. The highest BCUT2D eigenvalue weighted by Crippen LogP contribution is 2.52. The zero-order valence-corrected chi connectivity index (χ0v) is 16.2. The van der Waals surface area contributed by atoms with Gasteiger partial charge in [0.15, 0.2) is 0 Å². The lowest BCUT2D eigenvalue weighted by atomic mass is 9.96. The molecule has 4 aromatic carbocycles. The lowest BCUT2D eigenvalue weighted by Gasteiger charge is -2.08. The number of rotatable bonds is 4. The summed E-state index contributed by atoms with van der Waals surface area (Å²) in [6.45, 7) is 0. The lowest BCUT2D eigenvalue weighted by molar-refractivity contribution is 0.410. The van der Waals surface area contributed by atoms with Gasteiger partial charge in [-0.05, 0) is 69.8 Å². The summed E-state index contributed by atoms with van der Waals surface area (Å²) < 4.78 is 24.7. The molecular weight excluding hydrogens is 363 g/mol. The van der Waals surface area contributed by atoms with E-state index in [2.05, 4.69) is 24.3 Å². The van der Waals surface area contributed by atoms with E-state index in [4.69, 9.17) is 9.47 Å². The quantitative estimate of drug-likeness (QED) is 0.362. The van der Waals surface area contributed by atoms with Crippen LogP contribution < -0.4 is 9.47 Å². The van der Waals surface area contributed by atoms with Gasteiger partial charge in [0.25, 0.3) is 0 Å². The minimum Gasteiger partial charge on any atom is -0.496 e. The second-order valence-electron chi connectivity index (χ2n) is 7.04. The number of hydrogen-bond acceptors (Lipinski definition) is 2. The Balaban J connectivity index is 1.77. The Bertz CT molecular complexity index is 1200. The molecule has 0 heterocycles. The largest absolute Gasteiger partial charge is 0.496 e. The van der Waals surface area contributed by atoms with E-state index < -0.39 is 0 Å². The summed E-state index contributed by atoms with van der Waals surface area (Å²) in [5.74, 6) is 1.40. The molecule has 0 saturated heterocycles. The molecule has 0 saturated carbocycles. The molecule has 0 unspecified atom stereocenters. The van der Waals surface area contributed by atoms with Crippen LogP contribution in [0.1, 0.15) is 22.3 Å². The van der Waals surface area contributed by atoms with Crippen molar-refractivity contribution < 1.29 is 13.9 Å². The number of hydrogen-bond donors (Lipinski definition) is 0. The van der Waals surface area contributed by atoms with Crippen molar-refractivity contribution in [2.75, 3.05) is 14.2 Å². The molecule has 1 aliphatic rings. The molecule has 0 bridgehead atoms. The first-order valence-corrected chi connectivity index (χ1v) is 9.46. The summed E-state index contributed by atoms with van der Waals surface area (Å²) in [5.41, 5.74) is 6.76. The van der Waals surface area contributed by atoms with Crippen molar-refractivity contribution in [3.8, 4) is 11.5 Å². The van der Waals surface area contributed by atoms with Crippen molar-refractivity contribution in [2.45, 2.75) is 0 Å². The molecule has 0 aromatic heterocycles. The second-order valence-corrected chi connectivity index (χ2v) is 7.04. The van der Waals surface area contributed by atoms with Crippen molar-refractivity contribution in [3.05, 3.63) is 107 Å². The average molecular weight is 382 g/mol. The molecule has 0 spiro atoms. The minimum absolute atomic E-state index is 0.236. The van der Waals surface area contributed by atoms with Gasteiger partial charge in [-0.3, -0.25) is 0 Å². The van der Waals surface area contributed by atoms with Gasteiger partial charge in [-0.25, -0.2) is 4.39 Å². The van der Waals surface area contributed by atoms with Crippen LogP contribution in [0.4, 0.5) is 4.39 Å². The number of fused-ring (bicyclic) bond motifs is 2. The van der Waals surface area contributed by atoms with E-state index in [1.807, 2.05) is 42.5 Å². The van der Waals surface area contributed by atoms with Gasteiger partial charge in [-0.1, -0.05) is 42.5 Å². The zero-order chi connectivity index (χ0) is 20.0. The van der Waals surface area contributed by atoms with Crippen LogP contribution in [0.5, 0.6) is 11.5 Å². The smallest absolute Gasteiger partial charge is 0.126 e. The van der Waals surface area contributed by atoms with E-state index in [1.54, 1.807) is 14.2 Å². The Kier molecular flexibility index (Phi) is 4.09. The van der Waals surface area contributed by atoms with Crippen LogP contribution in [0, 0.1) is 5.82 Å². The van der Waals surface area contributed by atoms with E-state index >= 15 is 0 Å². The molecule has 1 aliphatic carbocycles. The minimum atomic E-state index is -0.236. The third kappa shape index (κ3) is 2.87. The van der Waals surface area contributed by atoms with Crippen molar-refractivity contribution in [3.63, 3.8) is 0 Å². The fraction of sp³-hybridized carbons (Fsp3) is 0.0769. The summed E-state index contributed by atoms with van der Waals surface area (Å²) in [6, 6.07) is 25.1. The van der Waals surface area contributed by atoms with Crippen molar-refractivity contribution in [1.29, 1.82) is 0 Å². The van der Waals surface area contributed by atoms with Crippen molar-refractivity contribution in [2.24, 2.45) is 0 Å². The molecule has 142 valence electrons. The summed E-state index contributed by atoms with van der Waals surface area (Å²) >= 11 is 0. The lowest BCUT2D eigenvalue weighted by Crippen LogP contribution is -1.88. The molecule has 0 fully saturated rings. The average Bonchev–Trinajstić information content (AvgIpc) is 3.46. The highest BCUT2D eigenvalue weighted by molar-refractivity contribution is 6.19. The first-order chi connectivity index (χ1) is 14.2. The number of methoxy groups -OCH3 is 2. The molecule has 0 N–H and O–H groups in total. The van der Waals surface area contributed by atoms with Gasteiger partial charge in [0.05, 0.1) is 14.2 Å². The van der Waals surface area contributed by atoms with E-state index in [0.717, 1.165) is 39.0 Å². The summed E-state index contributed by atoms with van der Waals surface area (Å²) in [6.07, 6.45) is 0. The van der Waals surface area contributed by atoms with Crippen molar-refractivity contribution >= 4 is 21.9 Å². The first-order valence-electron chi connectivity index (χ1n) is 9.46. The van der Waals surface area contributed by atoms with Gasteiger partial charge < -0.3 is 9.47 Å². The Labute approximate surface area is 168 Å². The maximum absolute atomic E-state index is 13.5. The Hall–Kier alpha value is -3.59. The predicted octanol–water partition coefficient (Wildman–Crippen LogP) is 6.32. The Morgan fingerprint density at radius 1 is 0.655 bits per heavy atom. The third-order valence-corrected chi connectivity index (χ3v) is 5.44. The molecule has 0 atom stereocenters. The molecular formula is C26H19FO2. The highest BCUT2D eigenvalue weighted by Gasteiger charge is 2.31. The van der Waals surface area contributed by atoms with Crippen LogP contribution in [0.3, 0.4) is 0 Å². The van der Waals surface area contributed by atoms with Crippen LogP contribution in [0.15, 0.2) is 78.9 Å². The Morgan fingerprint density at radius 2 is 1.17 bits per heavy atom. The van der Waals surface area contributed by atoms with Crippen molar-refractivity contribution in [1.82, 2.24) is 0 Å². The topological polar surface area (TPSA) is 18.5 Å².